The zero-order valence-electron chi connectivity index (χ0n) is 17.6. The van der Waals surface area contributed by atoms with E-state index < -0.39 is 5.92 Å². The van der Waals surface area contributed by atoms with E-state index in [2.05, 4.69) is 10.3 Å². The van der Waals surface area contributed by atoms with Gasteiger partial charge in [-0.25, -0.2) is 13.2 Å². The Morgan fingerprint density at radius 3 is 2.48 bits per heavy atom. The molecule has 31 heavy (non-hydrogen) atoms. The number of rotatable bonds is 4. The van der Waals surface area contributed by atoms with Crippen LogP contribution in [-0.4, -0.2) is 22.9 Å². The summed E-state index contributed by atoms with van der Waals surface area (Å²) in [5.74, 6) is -0.762. The molecule has 3 fully saturated rings. The average Bonchev–Trinajstić information content (AvgIpc) is 3.27. The van der Waals surface area contributed by atoms with Crippen molar-refractivity contribution < 1.29 is 18.0 Å². The third-order valence-electron chi connectivity index (χ3n) is 7.85. The minimum absolute atomic E-state index is 0.0207. The van der Waals surface area contributed by atoms with Gasteiger partial charge in [0.15, 0.2) is 0 Å². The summed E-state index contributed by atoms with van der Waals surface area (Å²) >= 11 is 0. The first-order valence-corrected chi connectivity index (χ1v) is 11.6. The van der Waals surface area contributed by atoms with Gasteiger partial charge in [0.05, 0.1) is 5.52 Å². The van der Waals surface area contributed by atoms with E-state index in [1.165, 1.54) is 11.6 Å². The maximum atomic E-state index is 13.8. The second-order valence-electron chi connectivity index (χ2n) is 9.99. The normalized spacial score (nSPS) is 30.4. The van der Waals surface area contributed by atoms with Gasteiger partial charge in [-0.05, 0) is 92.0 Å². The van der Waals surface area contributed by atoms with E-state index >= 15 is 0 Å². The molecule has 1 amide bonds. The van der Waals surface area contributed by atoms with Crippen LogP contribution in [0.1, 0.15) is 69.3 Å². The highest BCUT2D eigenvalue weighted by Gasteiger charge is 2.43. The molecule has 1 aromatic heterocycles. The van der Waals surface area contributed by atoms with Crippen LogP contribution in [0, 0.1) is 23.6 Å². The number of benzene rings is 1. The van der Waals surface area contributed by atoms with Crippen LogP contribution < -0.4 is 5.32 Å². The zero-order valence-corrected chi connectivity index (χ0v) is 17.6. The number of alkyl halides is 2. The molecular weight excluding hydrogens is 401 g/mol. The quantitative estimate of drug-likeness (QED) is 0.649. The number of hydrogen-bond donors (Lipinski definition) is 1. The van der Waals surface area contributed by atoms with Gasteiger partial charge in [0, 0.05) is 36.9 Å². The Kier molecular flexibility index (Phi) is 5.43. The summed E-state index contributed by atoms with van der Waals surface area (Å²) in [6.07, 6.45) is 7.08. The van der Waals surface area contributed by atoms with Gasteiger partial charge in [-0.2, -0.15) is 0 Å². The van der Waals surface area contributed by atoms with Gasteiger partial charge < -0.3 is 5.32 Å². The van der Waals surface area contributed by atoms with E-state index in [9.17, 15) is 18.0 Å². The Balaban J connectivity index is 1.16. The molecule has 0 bridgehead atoms. The SMILES string of the molecule is O=C(CC1CC2CC(c3ccnc4ccc(F)cc34)CC2C1)NC1CCC(F)(F)CC1. The van der Waals surface area contributed by atoms with Crippen LogP contribution in [0.15, 0.2) is 30.5 Å². The van der Waals surface area contributed by atoms with Crippen LogP contribution in [0.25, 0.3) is 10.9 Å². The third-order valence-corrected chi connectivity index (χ3v) is 7.85. The summed E-state index contributed by atoms with van der Waals surface area (Å²) in [4.78, 5) is 16.8. The van der Waals surface area contributed by atoms with Crippen LogP contribution in [0.3, 0.4) is 0 Å². The molecule has 3 nitrogen and oxygen atoms in total. The van der Waals surface area contributed by atoms with Gasteiger partial charge in [0.25, 0.3) is 0 Å². The number of hydrogen-bond acceptors (Lipinski definition) is 2. The van der Waals surface area contributed by atoms with Gasteiger partial charge in [0.2, 0.25) is 11.8 Å². The molecule has 0 saturated heterocycles. The first-order chi connectivity index (χ1) is 14.9. The molecule has 1 heterocycles. The highest BCUT2D eigenvalue weighted by Crippen LogP contribution is 2.53. The first-order valence-electron chi connectivity index (χ1n) is 11.6. The maximum Gasteiger partial charge on any atom is 0.248 e. The fraction of sp³-hybridized carbons (Fsp3) is 0.600. The lowest BCUT2D eigenvalue weighted by molar-refractivity contribution is -0.123. The van der Waals surface area contributed by atoms with E-state index in [4.69, 9.17) is 0 Å². The van der Waals surface area contributed by atoms with Crippen molar-refractivity contribution in [2.45, 2.75) is 75.7 Å². The fourth-order valence-electron chi connectivity index (χ4n) is 6.39. The fourth-order valence-corrected chi connectivity index (χ4v) is 6.39. The summed E-state index contributed by atoms with van der Waals surface area (Å²) in [5, 5.41) is 3.91. The van der Waals surface area contributed by atoms with Crippen molar-refractivity contribution >= 4 is 16.8 Å². The van der Waals surface area contributed by atoms with E-state index in [-0.39, 0.29) is 30.6 Å². The van der Waals surface area contributed by atoms with Crippen molar-refractivity contribution in [1.29, 1.82) is 0 Å². The molecule has 3 aliphatic rings. The van der Waals surface area contributed by atoms with Crippen molar-refractivity contribution in [1.82, 2.24) is 10.3 Å². The van der Waals surface area contributed by atoms with Crippen molar-refractivity contribution in [2.24, 2.45) is 17.8 Å². The standard InChI is InChI=1S/C25H29F3N2O/c26-19-1-2-23-22(14-19)21(5-8-29-23)18-12-16-9-15(10-17(16)13-18)11-24(31)30-20-3-6-25(27,28)7-4-20/h1-2,5,8,14-18,20H,3-4,6-7,9-13H2,(H,30,31). The van der Waals surface area contributed by atoms with Gasteiger partial charge in [-0.3, -0.25) is 9.78 Å². The van der Waals surface area contributed by atoms with Gasteiger partial charge in [-0.1, -0.05) is 0 Å². The second-order valence-corrected chi connectivity index (χ2v) is 9.99. The molecule has 5 rings (SSSR count). The molecule has 3 aliphatic carbocycles. The van der Waals surface area contributed by atoms with Crippen molar-refractivity contribution in [2.75, 3.05) is 0 Å². The van der Waals surface area contributed by atoms with E-state index in [1.54, 1.807) is 12.1 Å². The van der Waals surface area contributed by atoms with Gasteiger partial charge >= 0.3 is 0 Å². The number of carbonyl (C=O) groups excluding carboxylic acids is 1. The van der Waals surface area contributed by atoms with Crippen molar-refractivity contribution in [3.63, 3.8) is 0 Å². The number of nitrogens with zero attached hydrogens (tertiary/aromatic N) is 1. The first kappa shape index (κ1) is 20.8. The highest BCUT2D eigenvalue weighted by atomic mass is 19.3. The van der Waals surface area contributed by atoms with Crippen LogP contribution in [0.5, 0.6) is 0 Å². The summed E-state index contributed by atoms with van der Waals surface area (Å²) < 4.78 is 40.4. The predicted molar refractivity (Wildman–Crippen MR) is 113 cm³/mol. The van der Waals surface area contributed by atoms with Crippen LogP contribution in [-0.2, 0) is 4.79 Å². The molecule has 2 unspecified atom stereocenters. The topological polar surface area (TPSA) is 42.0 Å². The number of nitrogens with one attached hydrogen (secondary N) is 1. The monoisotopic (exact) mass is 430 g/mol. The van der Waals surface area contributed by atoms with E-state index in [0.717, 1.165) is 36.6 Å². The van der Waals surface area contributed by atoms with Crippen LogP contribution in [0.2, 0.25) is 0 Å². The molecule has 166 valence electrons. The van der Waals surface area contributed by atoms with E-state index in [1.807, 2.05) is 12.3 Å². The molecule has 2 aromatic rings. The Morgan fingerprint density at radius 2 is 1.77 bits per heavy atom. The van der Waals surface area contributed by atoms with Crippen LogP contribution in [0.4, 0.5) is 13.2 Å². The van der Waals surface area contributed by atoms with Crippen molar-refractivity contribution in [3.05, 3.63) is 41.8 Å². The summed E-state index contributed by atoms with van der Waals surface area (Å²) in [6.45, 7) is 0. The number of amides is 1. The van der Waals surface area contributed by atoms with E-state index in [0.29, 0.717) is 42.9 Å². The van der Waals surface area contributed by atoms with Gasteiger partial charge in [0.1, 0.15) is 5.82 Å². The molecule has 0 aliphatic heterocycles. The molecule has 0 spiro atoms. The van der Waals surface area contributed by atoms with Crippen LogP contribution >= 0.6 is 0 Å². The lowest BCUT2D eigenvalue weighted by Crippen LogP contribution is -2.40. The molecule has 0 radical (unpaired) electrons. The molecule has 1 aromatic carbocycles. The minimum atomic E-state index is -2.56. The number of aromatic nitrogens is 1. The highest BCUT2D eigenvalue weighted by molar-refractivity contribution is 5.82. The smallest absolute Gasteiger partial charge is 0.248 e. The molecule has 6 heteroatoms. The Bertz CT molecular complexity index is 954. The molecule has 2 atom stereocenters. The lowest BCUT2D eigenvalue weighted by atomic mass is 9.89. The number of fused-ring (bicyclic) bond motifs is 2. The minimum Gasteiger partial charge on any atom is -0.353 e. The number of halogens is 3. The predicted octanol–water partition coefficient (Wildman–Crippen LogP) is 5.98. The summed E-state index contributed by atoms with van der Waals surface area (Å²) in [5.41, 5.74) is 2.04. The Labute approximate surface area is 180 Å². The average molecular weight is 431 g/mol. The zero-order chi connectivity index (χ0) is 21.6. The molecular formula is C25H29F3N2O. The summed E-state index contributed by atoms with van der Waals surface area (Å²) in [7, 11) is 0. The lowest BCUT2D eigenvalue weighted by Gasteiger charge is -2.29. The maximum absolute atomic E-state index is 13.8. The van der Waals surface area contributed by atoms with Gasteiger partial charge in [-0.15, -0.1) is 0 Å². The molecule has 3 saturated carbocycles. The third kappa shape index (κ3) is 4.44. The summed E-state index contributed by atoms with van der Waals surface area (Å²) in [6, 6.07) is 6.73. The Hall–Kier alpha value is -2.11. The number of pyridine rings is 1. The Morgan fingerprint density at radius 1 is 1.06 bits per heavy atom. The van der Waals surface area contributed by atoms with Crippen molar-refractivity contribution in [3.8, 4) is 0 Å². The molecule has 1 N–H and O–H groups in total. The number of carbonyl (C=O) groups is 1. The largest absolute Gasteiger partial charge is 0.353 e. The second kappa shape index (κ2) is 8.10.